The van der Waals surface area contributed by atoms with Gasteiger partial charge in [0, 0.05) is 6.54 Å². The largest absolute Gasteiger partial charge is 0.467 e. The van der Waals surface area contributed by atoms with Crippen molar-refractivity contribution in [1.29, 1.82) is 0 Å². The first-order valence-corrected chi connectivity index (χ1v) is 5.39. The molecule has 6 heteroatoms. The molecule has 1 aromatic heterocycles. The molecule has 0 aromatic carbocycles. The maximum absolute atomic E-state index is 11.9. The number of hydrogen-bond donors (Lipinski definition) is 2. The summed E-state index contributed by atoms with van der Waals surface area (Å²) >= 11 is 0. The highest BCUT2D eigenvalue weighted by atomic mass is 16.3. The Morgan fingerprint density at radius 1 is 1.53 bits per heavy atom. The molecular formula is C11H17N3O3. The minimum Gasteiger partial charge on any atom is -0.467 e. The van der Waals surface area contributed by atoms with Gasteiger partial charge in [0.15, 0.2) is 0 Å². The quantitative estimate of drug-likeness (QED) is 0.719. The van der Waals surface area contributed by atoms with Crippen LogP contribution in [0.4, 0.5) is 0 Å². The van der Waals surface area contributed by atoms with Gasteiger partial charge < -0.3 is 20.8 Å². The predicted molar refractivity (Wildman–Crippen MR) is 61.6 cm³/mol. The molecule has 1 rings (SSSR count). The number of carbonyl (C=O) groups excluding carboxylic acids is 2. The third-order valence-corrected chi connectivity index (χ3v) is 2.36. The highest BCUT2D eigenvalue weighted by molar-refractivity contribution is 5.87. The van der Waals surface area contributed by atoms with Crippen LogP contribution >= 0.6 is 0 Å². The van der Waals surface area contributed by atoms with Crippen LogP contribution in [0.25, 0.3) is 0 Å². The molecule has 6 nitrogen and oxygen atoms in total. The fraction of sp³-hybridized carbons (Fsp3) is 0.455. The molecule has 0 saturated heterocycles. The summed E-state index contributed by atoms with van der Waals surface area (Å²) in [5, 5.41) is 0. The van der Waals surface area contributed by atoms with Gasteiger partial charge in [0.05, 0.1) is 25.3 Å². The molecule has 0 spiro atoms. The molecule has 94 valence electrons. The molecule has 0 aliphatic rings. The number of furan rings is 1. The molecule has 4 N–H and O–H groups in total. The standard InChI is InChI=1S/C11H17N3O3/c1-2-14(7-8-4-3-5-17-8)11(16)9(12)6-10(13)15/h3-5,9H,2,6-7,12H2,1H3,(H2,13,15). The van der Waals surface area contributed by atoms with Crippen molar-refractivity contribution >= 4 is 11.8 Å². The van der Waals surface area contributed by atoms with Gasteiger partial charge in [0.1, 0.15) is 5.76 Å². The van der Waals surface area contributed by atoms with E-state index in [1.54, 1.807) is 12.1 Å². The van der Waals surface area contributed by atoms with Gasteiger partial charge in [-0.05, 0) is 19.1 Å². The van der Waals surface area contributed by atoms with Crippen molar-refractivity contribution in [3.8, 4) is 0 Å². The summed E-state index contributed by atoms with van der Waals surface area (Å²) in [6, 6.07) is 2.63. The van der Waals surface area contributed by atoms with E-state index in [1.807, 2.05) is 6.92 Å². The number of rotatable bonds is 6. The lowest BCUT2D eigenvalue weighted by atomic mass is 10.2. The number of hydrogen-bond acceptors (Lipinski definition) is 4. The van der Waals surface area contributed by atoms with Crippen molar-refractivity contribution in [2.45, 2.75) is 25.9 Å². The summed E-state index contributed by atoms with van der Waals surface area (Å²) in [5.74, 6) is -0.214. The second-order valence-electron chi connectivity index (χ2n) is 3.71. The summed E-state index contributed by atoms with van der Waals surface area (Å²) < 4.78 is 5.15. The van der Waals surface area contributed by atoms with E-state index in [9.17, 15) is 9.59 Å². The predicted octanol–water partition coefficient (Wildman–Crippen LogP) is -0.169. The molecule has 0 aliphatic heterocycles. The van der Waals surface area contributed by atoms with E-state index in [0.29, 0.717) is 18.8 Å². The highest BCUT2D eigenvalue weighted by Crippen LogP contribution is 2.07. The molecule has 0 radical (unpaired) electrons. The van der Waals surface area contributed by atoms with Gasteiger partial charge in [-0.2, -0.15) is 0 Å². The monoisotopic (exact) mass is 239 g/mol. The number of likely N-dealkylation sites (N-methyl/N-ethyl adjacent to an activating group) is 1. The van der Waals surface area contributed by atoms with Crippen LogP contribution in [0, 0.1) is 0 Å². The molecule has 0 aliphatic carbocycles. The normalized spacial score (nSPS) is 12.1. The van der Waals surface area contributed by atoms with Crippen LogP contribution in [0.15, 0.2) is 22.8 Å². The van der Waals surface area contributed by atoms with Gasteiger partial charge in [-0.1, -0.05) is 0 Å². The first-order valence-electron chi connectivity index (χ1n) is 5.39. The maximum Gasteiger partial charge on any atom is 0.240 e. The Kier molecular flexibility index (Phi) is 4.71. The van der Waals surface area contributed by atoms with E-state index in [-0.39, 0.29) is 12.3 Å². The minimum absolute atomic E-state index is 0.145. The van der Waals surface area contributed by atoms with Crippen molar-refractivity contribution in [2.75, 3.05) is 6.54 Å². The molecule has 1 heterocycles. The van der Waals surface area contributed by atoms with Crippen molar-refractivity contribution in [2.24, 2.45) is 11.5 Å². The second-order valence-corrected chi connectivity index (χ2v) is 3.71. The van der Waals surface area contributed by atoms with E-state index < -0.39 is 11.9 Å². The topological polar surface area (TPSA) is 103 Å². The Labute approximate surface area is 99.5 Å². The Morgan fingerprint density at radius 3 is 2.71 bits per heavy atom. The molecule has 0 saturated carbocycles. The van der Waals surface area contributed by atoms with Crippen LogP contribution in [0.3, 0.4) is 0 Å². The molecule has 1 unspecified atom stereocenters. The third kappa shape index (κ3) is 3.92. The average molecular weight is 239 g/mol. The Bertz CT molecular complexity index is 375. The third-order valence-electron chi connectivity index (χ3n) is 2.36. The lowest BCUT2D eigenvalue weighted by Gasteiger charge is -2.22. The Hall–Kier alpha value is -1.82. The Morgan fingerprint density at radius 2 is 2.24 bits per heavy atom. The molecule has 0 bridgehead atoms. The van der Waals surface area contributed by atoms with E-state index in [0.717, 1.165) is 0 Å². The second kappa shape index (κ2) is 6.05. The van der Waals surface area contributed by atoms with Crippen LogP contribution < -0.4 is 11.5 Å². The smallest absolute Gasteiger partial charge is 0.240 e. The van der Waals surface area contributed by atoms with Crippen LogP contribution in [0.1, 0.15) is 19.1 Å². The van der Waals surface area contributed by atoms with Gasteiger partial charge in [-0.25, -0.2) is 0 Å². The summed E-state index contributed by atoms with van der Waals surface area (Å²) in [6.45, 7) is 2.67. The van der Waals surface area contributed by atoms with Crippen molar-refractivity contribution < 1.29 is 14.0 Å². The van der Waals surface area contributed by atoms with E-state index in [2.05, 4.69) is 0 Å². The molecule has 1 atom stereocenters. The fourth-order valence-corrected chi connectivity index (χ4v) is 1.47. The average Bonchev–Trinajstić information content (AvgIpc) is 2.76. The lowest BCUT2D eigenvalue weighted by Crippen LogP contribution is -2.45. The van der Waals surface area contributed by atoms with Gasteiger partial charge in [0.2, 0.25) is 11.8 Å². The Balaban J connectivity index is 2.60. The molecule has 2 amide bonds. The number of nitrogens with two attached hydrogens (primary N) is 2. The van der Waals surface area contributed by atoms with E-state index >= 15 is 0 Å². The SMILES string of the molecule is CCN(Cc1ccco1)C(=O)C(N)CC(N)=O. The first-order chi connectivity index (χ1) is 8.04. The van der Waals surface area contributed by atoms with Gasteiger partial charge in [-0.15, -0.1) is 0 Å². The van der Waals surface area contributed by atoms with Crippen LogP contribution in [-0.2, 0) is 16.1 Å². The number of nitrogens with zero attached hydrogens (tertiary/aromatic N) is 1. The van der Waals surface area contributed by atoms with Crippen LogP contribution in [-0.4, -0.2) is 29.3 Å². The zero-order valence-corrected chi connectivity index (χ0v) is 9.76. The van der Waals surface area contributed by atoms with Crippen molar-refractivity contribution in [1.82, 2.24) is 4.90 Å². The maximum atomic E-state index is 11.9. The number of primary amides is 1. The molecular weight excluding hydrogens is 222 g/mol. The fourth-order valence-electron chi connectivity index (χ4n) is 1.47. The lowest BCUT2D eigenvalue weighted by molar-refractivity contribution is -0.135. The van der Waals surface area contributed by atoms with Gasteiger partial charge in [-0.3, -0.25) is 9.59 Å². The summed E-state index contributed by atoms with van der Waals surface area (Å²) in [6.07, 6.45) is 1.39. The van der Waals surface area contributed by atoms with Crippen molar-refractivity contribution in [3.05, 3.63) is 24.2 Å². The molecule has 0 fully saturated rings. The van der Waals surface area contributed by atoms with Gasteiger partial charge >= 0.3 is 0 Å². The highest BCUT2D eigenvalue weighted by Gasteiger charge is 2.22. The van der Waals surface area contributed by atoms with E-state index in [1.165, 1.54) is 11.2 Å². The number of carbonyl (C=O) groups is 2. The summed E-state index contributed by atoms with van der Waals surface area (Å²) in [4.78, 5) is 24.1. The first kappa shape index (κ1) is 13.2. The van der Waals surface area contributed by atoms with Crippen LogP contribution in [0.5, 0.6) is 0 Å². The zero-order chi connectivity index (χ0) is 12.8. The van der Waals surface area contributed by atoms with E-state index in [4.69, 9.17) is 15.9 Å². The summed E-state index contributed by atoms with van der Waals surface area (Å²) in [5.41, 5.74) is 10.6. The summed E-state index contributed by atoms with van der Waals surface area (Å²) in [7, 11) is 0. The molecule has 17 heavy (non-hydrogen) atoms. The van der Waals surface area contributed by atoms with Crippen molar-refractivity contribution in [3.63, 3.8) is 0 Å². The molecule has 1 aromatic rings. The van der Waals surface area contributed by atoms with Crippen LogP contribution in [0.2, 0.25) is 0 Å². The number of amides is 2. The zero-order valence-electron chi connectivity index (χ0n) is 9.76. The van der Waals surface area contributed by atoms with Gasteiger partial charge in [0.25, 0.3) is 0 Å². The minimum atomic E-state index is -0.887.